The Kier molecular flexibility index (Phi) is 4.38. The van der Waals surface area contributed by atoms with Crippen molar-refractivity contribution in [2.75, 3.05) is 24.7 Å². The van der Waals surface area contributed by atoms with Gasteiger partial charge in [0.05, 0.1) is 35.4 Å². The van der Waals surface area contributed by atoms with Gasteiger partial charge in [0.2, 0.25) is 10.0 Å². The normalized spacial score (nSPS) is 20.9. The Hall–Kier alpha value is -2.92. The molecule has 3 aromatic heterocycles. The smallest absolute Gasteiger partial charge is 0.252 e. The number of primary amides is 1. The van der Waals surface area contributed by atoms with Crippen LogP contribution in [0.4, 0.5) is 5.69 Å². The van der Waals surface area contributed by atoms with Gasteiger partial charge in [0.25, 0.3) is 5.91 Å². The first kappa shape index (κ1) is 20.0. The van der Waals surface area contributed by atoms with Gasteiger partial charge in [-0.25, -0.2) is 12.9 Å². The maximum absolute atomic E-state index is 12.2. The van der Waals surface area contributed by atoms with Crippen LogP contribution in [0.1, 0.15) is 29.6 Å². The molecule has 11 heteroatoms. The van der Waals surface area contributed by atoms with Gasteiger partial charge in [-0.1, -0.05) is 6.42 Å². The molecular formula is C20H25N7O3S. The first-order chi connectivity index (χ1) is 14.7. The second-order valence-electron chi connectivity index (χ2n) is 8.73. The Labute approximate surface area is 180 Å². The molecule has 1 saturated heterocycles. The van der Waals surface area contributed by atoms with Gasteiger partial charge in [0.15, 0.2) is 0 Å². The van der Waals surface area contributed by atoms with Gasteiger partial charge in [0, 0.05) is 55.1 Å². The van der Waals surface area contributed by atoms with Crippen molar-refractivity contribution >= 4 is 27.1 Å². The van der Waals surface area contributed by atoms with Gasteiger partial charge < -0.3 is 11.1 Å². The Morgan fingerprint density at radius 1 is 1.23 bits per heavy atom. The van der Waals surface area contributed by atoms with Gasteiger partial charge in [-0.2, -0.15) is 14.5 Å². The van der Waals surface area contributed by atoms with E-state index in [1.807, 2.05) is 25.5 Å². The standard InChI is InChI=1S/C20H25N7O3S/c1-25-9-14(7-22-25)13-6-16-18(15(19(21)28)8-23-27(16)10-13)24-17-11-26(31(2,29)30)12-20(17)4-3-5-20/h6-10,17,24H,3-5,11-12H2,1-2H3,(H2,21,28)/t17-/m1/s1. The van der Waals surface area contributed by atoms with Crippen LogP contribution in [0.2, 0.25) is 0 Å². The molecular weight excluding hydrogens is 418 g/mol. The van der Waals surface area contributed by atoms with E-state index in [4.69, 9.17) is 5.73 Å². The average Bonchev–Trinajstić information content (AvgIpc) is 3.36. The molecule has 1 aliphatic carbocycles. The van der Waals surface area contributed by atoms with Crippen LogP contribution < -0.4 is 11.1 Å². The van der Waals surface area contributed by atoms with Crippen LogP contribution >= 0.6 is 0 Å². The summed E-state index contributed by atoms with van der Waals surface area (Å²) in [5, 5.41) is 12.1. The van der Waals surface area contributed by atoms with E-state index < -0.39 is 15.9 Å². The minimum absolute atomic E-state index is 0.114. The molecule has 1 amide bonds. The molecule has 3 aromatic rings. The fraction of sp³-hybridized carbons (Fsp3) is 0.450. The van der Waals surface area contributed by atoms with Gasteiger partial charge in [-0.3, -0.25) is 9.48 Å². The molecule has 10 nitrogen and oxygen atoms in total. The zero-order valence-corrected chi connectivity index (χ0v) is 18.3. The zero-order valence-electron chi connectivity index (χ0n) is 17.4. The van der Waals surface area contributed by atoms with Gasteiger partial charge in [-0.05, 0) is 18.9 Å². The first-order valence-corrected chi connectivity index (χ1v) is 12.0. The molecule has 0 unspecified atom stereocenters. The van der Waals surface area contributed by atoms with Gasteiger partial charge >= 0.3 is 0 Å². The number of nitrogens with one attached hydrogen (secondary N) is 1. The largest absolute Gasteiger partial charge is 0.378 e. The van der Waals surface area contributed by atoms with Crippen molar-refractivity contribution < 1.29 is 13.2 Å². The van der Waals surface area contributed by atoms with Crippen LogP contribution in [0.3, 0.4) is 0 Å². The van der Waals surface area contributed by atoms with E-state index in [0.717, 1.165) is 30.4 Å². The third kappa shape index (κ3) is 3.28. The van der Waals surface area contributed by atoms with Crippen molar-refractivity contribution in [2.45, 2.75) is 25.3 Å². The van der Waals surface area contributed by atoms with E-state index in [1.54, 1.807) is 15.4 Å². The molecule has 164 valence electrons. The lowest BCUT2D eigenvalue weighted by Crippen LogP contribution is -2.45. The van der Waals surface area contributed by atoms with E-state index in [2.05, 4.69) is 15.5 Å². The predicted octanol–water partition coefficient (Wildman–Crippen LogP) is 1.06. The predicted molar refractivity (Wildman–Crippen MR) is 116 cm³/mol. The summed E-state index contributed by atoms with van der Waals surface area (Å²) in [6.45, 7) is 0.862. The lowest BCUT2D eigenvalue weighted by atomic mass is 9.65. The molecule has 2 fully saturated rings. The van der Waals surface area contributed by atoms with Gasteiger partial charge in [0.1, 0.15) is 0 Å². The maximum atomic E-state index is 12.2. The van der Waals surface area contributed by atoms with Crippen LogP contribution in [0.15, 0.2) is 30.9 Å². The topological polar surface area (TPSA) is 128 Å². The Morgan fingerprint density at radius 2 is 2.00 bits per heavy atom. The number of anilines is 1. The molecule has 0 bridgehead atoms. The molecule has 0 radical (unpaired) electrons. The summed E-state index contributed by atoms with van der Waals surface area (Å²) in [5.74, 6) is -0.581. The molecule has 1 spiro atoms. The molecule has 3 N–H and O–H groups in total. The number of fused-ring (bicyclic) bond motifs is 1. The van der Waals surface area contributed by atoms with Crippen LogP contribution in [0.5, 0.6) is 0 Å². The maximum Gasteiger partial charge on any atom is 0.252 e. The summed E-state index contributed by atoms with van der Waals surface area (Å²) >= 11 is 0. The highest BCUT2D eigenvalue weighted by Crippen LogP contribution is 2.50. The molecule has 31 heavy (non-hydrogen) atoms. The second kappa shape index (κ2) is 6.79. The summed E-state index contributed by atoms with van der Waals surface area (Å²) in [6, 6.07) is 1.83. The van der Waals surface area contributed by atoms with E-state index >= 15 is 0 Å². The van der Waals surface area contributed by atoms with Crippen LogP contribution in [0.25, 0.3) is 16.6 Å². The van der Waals surface area contributed by atoms with Crippen molar-refractivity contribution in [3.05, 3.63) is 36.4 Å². The summed E-state index contributed by atoms with van der Waals surface area (Å²) in [6.07, 6.45) is 11.2. The lowest BCUT2D eigenvalue weighted by molar-refractivity contribution is 0.1000. The summed E-state index contributed by atoms with van der Waals surface area (Å²) in [7, 11) is -1.45. The minimum Gasteiger partial charge on any atom is -0.378 e. The zero-order chi connectivity index (χ0) is 22.0. The Bertz CT molecular complexity index is 1290. The number of hydrogen-bond acceptors (Lipinski definition) is 6. The number of sulfonamides is 1. The number of aryl methyl sites for hydroxylation is 1. The van der Waals surface area contributed by atoms with Crippen molar-refractivity contribution in [3.63, 3.8) is 0 Å². The number of rotatable bonds is 5. The van der Waals surface area contributed by atoms with E-state index in [9.17, 15) is 13.2 Å². The summed E-state index contributed by atoms with van der Waals surface area (Å²) in [4.78, 5) is 12.2. The summed E-state index contributed by atoms with van der Waals surface area (Å²) < 4.78 is 29.4. The third-order valence-electron chi connectivity index (χ3n) is 6.69. The molecule has 5 rings (SSSR count). The highest BCUT2D eigenvalue weighted by Gasteiger charge is 2.52. The number of nitrogens with zero attached hydrogens (tertiary/aromatic N) is 5. The molecule has 2 aliphatic rings. The lowest BCUT2D eigenvalue weighted by Gasteiger charge is -2.43. The third-order valence-corrected chi connectivity index (χ3v) is 7.91. The van der Waals surface area contributed by atoms with Crippen molar-refractivity contribution in [1.82, 2.24) is 23.7 Å². The molecule has 1 aliphatic heterocycles. The van der Waals surface area contributed by atoms with Crippen LogP contribution in [0, 0.1) is 5.41 Å². The van der Waals surface area contributed by atoms with Crippen molar-refractivity contribution in [1.29, 1.82) is 0 Å². The Morgan fingerprint density at radius 3 is 2.58 bits per heavy atom. The van der Waals surface area contributed by atoms with E-state index in [1.165, 1.54) is 16.8 Å². The second-order valence-corrected chi connectivity index (χ2v) is 10.7. The quantitative estimate of drug-likeness (QED) is 0.607. The molecule has 1 saturated carbocycles. The fourth-order valence-corrected chi connectivity index (χ4v) is 5.72. The number of hydrogen-bond donors (Lipinski definition) is 2. The molecule has 4 heterocycles. The average molecular weight is 444 g/mol. The highest BCUT2D eigenvalue weighted by atomic mass is 32.2. The Balaban J connectivity index is 1.58. The number of carbonyl (C=O) groups excluding carboxylic acids is 1. The van der Waals surface area contributed by atoms with Crippen LogP contribution in [-0.4, -0.2) is 63.4 Å². The monoisotopic (exact) mass is 443 g/mol. The SMILES string of the molecule is Cn1cc(-c2cc3c(N[C@@H]4CN(S(C)(=O)=O)CC45CCC5)c(C(N)=O)cnn3c2)cn1. The minimum atomic E-state index is -3.30. The first-order valence-electron chi connectivity index (χ1n) is 10.2. The molecule has 0 aromatic carbocycles. The summed E-state index contributed by atoms with van der Waals surface area (Å²) in [5.41, 5.74) is 8.96. The highest BCUT2D eigenvalue weighted by molar-refractivity contribution is 7.88. The number of nitrogens with two attached hydrogens (primary N) is 1. The number of aromatic nitrogens is 4. The van der Waals surface area contributed by atoms with Crippen molar-refractivity contribution in [2.24, 2.45) is 18.2 Å². The van der Waals surface area contributed by atoms with Crippen molar-refractivity contribution in [3.8, 4) is 11.1 Å². The number of amides is 1. The van der Waals surface area contributed by atoms with Crippen LogP contribution in [-0.2, 0) is 17.1 Å². The van der Waals surface area contributed by atoms with E-state index in [-0.39, 0.29) is 17.0 Å². The van der Waals surface area contributed by atoms with Gasteiger partial charge in [-0.15, -0.1) is 0 Å². The molecule has 1 atom stereocenters. The number of carbonyl (C=O) groups is 1. The van der Waals surface area contributed by atoms with E-state index in [0.29, 0.717) is 24.3 Å². The fourth-order valence-electron chi connectivity index (χ4n) is 4.81.